The van der Waals surface area contributed by atoms with E-state index in [0.29, 0.717) is 11.6 Å². The SMILES string of the molecule is CCCCN.CCCCNS(=O)(=O)Cc1ccc(Cl)cc1. The van der Waals surface area contributed by atoms with Gasteiger partial charge in [0.25, 0.3) is 0 Å². The number of benzene rings is 1. The minimum Gasteiger partial charge on any atom is -0.330 e. The number of unbranched alkanes of at least 4 members (excludes halogenated alkanes) is 2. The highest BCUT2D eigenvalue weighted by atomic mass is 35.5. The molecule has 1 aromatic rings. The lowest BCUT2D eigenvalue weighted by Gasteiger charge is -2.06. The molecule has 0 spiro atoms. The monoisotopic (exact) mass is 334 g/mol. The Bertz CT molecular complexity index is 459. The number of sulfonamides is 1. The van der Waals surface area contributed by atoms with Gasteiger partial charge in [-0.25, -0.2) is 13.1 Å². The standard InChI is InChI=1S/C11H16ClNO2S.C4H11N/c1-2-3-8-13-16(14,15)9-10-4-6-11(12)7-5-10;1-2-3-4-5/h4-7,13H,2-3,8-9H2,1H3;2-5H2,1H3. The molecule has 0 aliphatic rings. The van der Waals surface area contributed by atoms with E-state index >= 15 is 0 Å². The first kappa shape index (κ1) is 20.4. The molecule has 0 radical (unpaired) electrons. The molecule has 0 bridgehead atoms. The van der Waals surface area contributed by atoms with Crippen molar-refractivity contribution >= 4 is 21.6 Å². The zero-order chi connectivity index (χ0) is 16.1. The molecule has 0 unspecified atom stereocenters. The fraction of sp³-hybridized carbons (Fsp3) is 0.600. The lowest BCUT2D eigenvalue weighted by molar-refractivity contribution is 0.577. The second-order valence-electron chi connectivity index (χ2n) is 4.78. The fourth-order valence-corrected chi connectivity index (χ4v) is 2.77. The van der Waals surface area contributed by atoms with Crippen LogP contribution in [0.5, 0.6) is 0 Å². The van der Waals surface area contributed by atoms with E-state index in [0.717, 1.165) is 24.9 Å². The molecule has 0 atom stereocenters. The minimum atomic E-state index is -3.21. The summed E-state index contributed by atoms with van der Waals surface area (Å²) in [5.41, 5.74) is 5.88. The van der Waals surface area contributed by atoms with Crippen LogP contribution < -0.4 is 10.5 Å². The quantitative estimate of drug-likeness (QED) is 0.716. The molecule has 21 heavy (non-hydrogen) atoms. The van der Waals surface area contributed by atoms with Crippen LogP contribution in [0.2, 0.25) is 5.02 Å². The zero-order valence-corrected chi connectivity index (χ0v) is 14.5. The van der Waals surface area contributed by atoms with Gasteiger partial charge in [-0.15, -0.1) is 0 Å². The van der Waals surface area contributed by atoms with E-state index in [2.05, 4.69) is 11.6 Å². The molecule has 6 heteroatoms. The summed E-state index contributed by atoms with van der Waals surface area (Å²) in [5, 5.41) is 0.611. The van der Waals surface area contributed by atoms with Crippen molar-refractivity contribution in [3.05, 3.63) is 34.9 Å². The molecule has 0 aliphatic carbocycles. The summed E-state index contributed by atoms with van der Waals surface area (Å²) in [6.45, 7) is 5.50. The molecule has 1 rings (SSSR count). The predicted molar refractivity (Wildman–Crippen MR) is 90.9 cm³/mol. The van der Waals surface area contributed by atoms with Crippen molar-refractivity contribution in [1.82, 2.24) is 4.72 Å². The molecule has 0 aromatic heterocycles. The Morgan fingerprint density at radius 2 is 1.67 bits per heavy atom. The summed E-state index contributed by atoms with van der Waals surface area (Å²) < 4.78 is 25.8. The van der Waals surface area contributed by atoms with Crippen molar-refractivity contribution in [1.29, 1.82) is 0 Å². The molecule has 0 aliphatic heterocycles. The van der Waals surface area contributed by atoms with Crippen LogP contribution >= 0.6 is 11.6 Å². The van der Waals surface area contributed by atoms with Crippen molar-refractivity contribution in [3.8, 4) is 0 Å². The predicted octanol–water partition coefficient (Wildman–Crippen LogP) is 3.30. The highest BCUT2D eigenvalue weighted by Crippen LogP contribution is 2.11. The zero-order valence-electron chi connectivity index (χ0n) is 12.9. The maximum absolute atomic E-state index is 11.6. The Balaban J connectivity index is 0.000000690. The van der Waals surface area contributed by atoms with Crippen molar-refractivity contribution < 1.29 is 8.42 Å². The van der Waals surface area contributed by atoms with Crippen molar-refractivity contribution in [2.24, 2.45) is 5.73 Å². The van der Waals surface area contributed by atoms with Crippen LogP contribution in [0, 0.1) is 0 Å². The van der Waals surface area contributed by atoms with Gasteiger partial charge in [0.15, 0.2) is 0 Å². The molecule has 0 heterocycles. The molecule has 3 N–H and O–H groups in total. The Morgan fingerprint density at radius 1 is 1.10 bits per heavy atom. The van der Waals surface area contributed by atoms with Crippen LogP contribution in [-0.4, -0.2) is 21.5 Å². The highest BCUT2D eigenvalue weighted by molar-refractivity contribution is 7.88. The minimum absolute atomic E-state index is 0.00782. The van der Waals surface area contributed by atoms with Gasteiger partial charge in [0.1, 0.15) is 0 Å². The molecular formula is C15H27ClN2O2S. The van der Waals surface area contributed by atoms with Gasteiger partial charge in [-0.2, -0.15) is 0 Å². The van der Waals surface area contributed by atoms with Crippen LogP contribution in [0.3, 0.4) is 0 Å². The molecule has 122 valence electrons. The van der Waals surface area contributed by atoms with E-state index in [1.165, 1.54) is 12.8 Å². The van der Waals surface area contributed by atoms with Crippen molar-refractivity contribution in [3.63, 3.8) is 0 Å². The second-order valence-corrected chi connectivity index (χ2v) is 7.02. The number of nitrogens with two attached hydrogens (primary N) is 1. The Hall–Kier alpha value is -0.620. The van der Waals surface area contributed by atoms with Crippen LogP contribution in [0.25, 0.3) is 0 Å². The van der Waals surface area contributed by atoms with E-state index in [4.69, 9.17) is 17.3 Å². The molecule has 0 saturated carbocycles. The topological polar surface area (TPSA) is 72.2 Å². The van der Waals surface area contributed by atoms with Crippen LogP contribution in [0.1, 0.15) is 45.1 Å². The van der Waals surface area contributed by atoms with Crippen LogP contribution in [-0.2, 0) is 15.8 Å². The summed E-state index contributed by atoms with van der Waals surface area (Å²) in [4.78, 5) is 0. The molecular weight excluding hydrogens is 308 g/mol. The Kier molecular flexibility index (Phi) is 11.6. The van der Waals surface area contributed by atoms with Gasteiger partial charge in [0.2, 0.25) is 10.0 Å². The third-order valence-corrected chi connectivity index (χ3v) is 4.29. The second kappa shape index (κ2) is 12.0. The molecule has 4 nitrogen and oxygen atoms in total. The number of hydrogen-bond donors (Lipinski definition) is 2. The maximum Gasteiger partial charge on any atom is 0.215 e. The van der Waals surface area contributed by atoms with Gasteiger partial charge < -0.3 is 5.73 Å². The molecule has 0 fully saturated rings. The van der Waals surface area contributed by atoms with Gasteiger partial charge in [-0.1, -0.05) is 50.4 Å². The average Bonchev–Trinajstić information content (AvgIpc) is 2.43. The van der Waals surface area contributed by atoms with E-state index in [9.17, 15) is 8.42 Å². The van der Waals surface area contributed by atoms with Crippen LogP contribution in [0.4, 0.5) is 0 Å². The van der Waals surface area contributed by atoms with E-state index in [-0.39, 0.29) is 5.75 Å². The Morgan fingerprint density at radius 3 is 2.10 bits per heavy atom. The van der Waals surface area contributed by atoms with Gasteiger partial charge in [-0.3, -0.25) is 0 Å². The summed E-state index contributed by atoms with van der Waals surface area (Å²) >= 11 is 5.72. The lowest BCUT2D eigenvalue weighted by atomic mass is 10.2. The smallest absolute Gasteiger partial charge is 0.215 e. The van der Waals surface area contributed by atoms with E-state index in [1.54, 1.807) is 24.3 Å². The number of nitrogens with one attached hydrogen (secondary N) is 1. The first-order valence-electron chi connectivity index (χ1n) is 7.37. The fourth-order valence-electron chi connectivity index (χ4n) is 1.46. The van der Waals surface area contributed by atoms with E-state index in [1.807, 2.05) is 6.92 Å². The average molecular weight is 335 g/mol. The summed E-state index contributed by atoms with van der Waals surface area (Å²) in [6, 6.07) is 6.83. The van der Waals surface area contributed by atoms with Crippen molar-refractivity contribution in [2.75, 3.05) is 13.1 Å². The Labute approximate surface area is 134 Å². The van der Waals surface area contributed by atoms with Gasteiger partial charge >= 0.3 is 0 Å². The van der Waals surface area contributed by atoms with E-state index < -0.39 is 10.0 Å². The van der Waals surface area contributed by atoms with Gasteiger partial charge in [0.05, 0.1) is 5.75 Å². The number of halogens is 1. The molecule has 0 amide bonds. The largest absolute Gasteiger partial charge is 0.330 e. The summed E-state index contributed by atoms with van der Waals surface area (Å²) in [6.07, 6.45) is 4.22. The number of rotatable bonds is 8. The third kappa shape index (κ3) is 11.7. The molecule has 0 saturated heterocycles. The van der Waals surface area contributed by atoms with Gasteiger partial charge in [-0.05, 0) is 37.1 Å². The first-order chi connectivity index (χ1) is 9.95. The normalized spacial score (nSPS) is 10.9. The van der Waals surface area contributed by atoms with Crippen LogP contribution in [0.15, 0.2) is 24.3 Å². The van der Waals surface area contributed by atoms with Gasteiger partial charge in [0, 0.05) is 11.6 Å². The molecule has 1 aromatic carbocycles. The third-order valence-electron chi connectivity index (χ3n) is 2.68. The first-order valence-corrected chi connectivity index (χ1v) is 9.40. The lowest BCUT2D eigenvalue weighted by Crippen LogP contribution is -2.26. The highest BCUT2D eigenvalue weighted by Gasteiger charge is 2.10. The van der Waals surface area contributed by atoms with Crippen molar-refractivity contribution in [2.45, 2.75) is 45.3 Å². The maximum atomic E-state index is 11.6. The summed E-state index contributed by atoms with van der Waals surface area (Å²) in [7, 11) is -3.21. The number of hydrogen-bond acceptors (Lipinski definition) is 3. The summed E-state index contributed by atoms with van der Waals surface area (Å²) in [5.74, 6) is 0.00782.